The van der Waals surface area contributed by atoms with Crippen LogP contribution in [0.15, 0.2) is 22.7 Å². The number of benzene rings is 1. The summed E-state index contributed by atoms with van der Waals surface area (Å²) in [5.41, 5.74) is 1.02. The molecule has 20 heavy (non-hydrogen) atoms. The van der Waals surface area contributed by atoms with Crippen LogP contribution in [0.1, 0.15) is 26.3 Å². The van der Waals surface area contributed by atoms with Gasteiger partial charge in [-0.3, -0.25) is 0 Å². The molecular formula is C14H19BrN2O3. The normalized spacial score (nSPS) is 12.7. The van der Waals surface area contributed by atoms with Gasteiger partial charge in [-0.15, -0.1) is 0 Å². The van der Waals surface area contributed by atoms with Crippen molar-refractivity contribution < 1.29 is 14.7 Å². The van der Waals surface area contributed by atoms with E-state index in [1.165, 1.54) is 0 Å². The molecule has 0 spiro atoms. The first kappa shape index (κ1) is 16.5. The minimum absolute atomic E-state index is 0.533. The Kier molecular flexibility index (Phi) is 5.16. The zero-order chi connectivity index (χ0) is 15.5. The monoisotopic (exact) mass is 342 g/mol. The Balaban J connectivity index is 2.76. The van der Waals surface area contributed by atoms with Crippen molar-refractivity contribution in [2.24, 2.45) is 5.41 Å². The van der Waals surface area contributed by atoms with E-state index in [2.05, 4.69) is 26.6 Å². The van der Waals surface area contributed by atoms with Crippen molar-refractivity contribution in [2.45, 2.75) is 33.7 Å². The minimum atomic E-state index is -1.06. The predicted molar refractivity (Wildman–Crippen MR) is 81.9 cm³/mol. The molecule has 1 unspecified atom stereocenters. The Morgan fingerprint density at radius 3 is 2.35 bits per heavy atom. The van der Waals surface area contributed by atoms with E-state index in [4.69, 9.17) is 5.11 Å². The first-order valence-corrected chi connectivity index (χ1v) is 6.97. The molecule has 1 aromatic carbocycles. The van der Waals surface area contributed by atoms with Gasteiger partial charge < -0.3 is 15.7 Å². The lowest BCUT2D eigenvalue weighted by atomic mass is 9.87. The summed E-state index contributed by atoms with van der Waals surface area (Å²) in [7, 11) is 0. The minimum Gasteiger partial charge on any atom is -0.480 e. The topological polar surface area (TPSA) is 78.4 Å². The summed E-state index contributed by atoms with van der Waals surface area (Å²) in [6.45, 7) is 7.18. The van der Waals surface area contributed by atoms with Gasteiger partial charge in [0.05, 0.1) is 0 Å². The third kappa shape index (κ3) is 4.52. The quantitative estimate of drug-likeness (QED) is 0.787. The highest BCUT2D eigenvalue weighted by Crippen LogP contribution is 2.21. The summed E-state index contributed by atoms with van der Waals surface area (Å²) < 4.78 is 0.946. The van der Waals surface area contributed by atoms with Gasteiger partial charge in [0.1, 0.15) is 6.04 Å². The van der Waals surface area contributed by atoms with Gasteiger partial charge in [0.15, 0.2) is 0 Å². The number of carboxylic acid groups (broad SMARTS) is 1. The van der Waals surface area contributed by atoms with Crippen LogP contribution in [-0.4, -0.2) is 23.1 Å². The van der Waals surface area contributed by atoms with Crippen molar-refractivity contribution in [2.75, 3.05) is 5.32 Å². The van der Waals surface area contributed by atoms with Crippen LogP contribution in [0.5, 0.6) is 0 Å². The number of anilines is 1. The van der Waals surface area contributed by atoms with E-state index < -0.39 is 23.5 Å². The van der Waals surface area contributed by atoms with Gasteiger partial charge in [-0.2, -0.15) is 0 Å². The number of nitrogens with one attached hydrogen (secondary N) is 2. The van der Waals surface area contributed by atoms with Crippen LogP contribution < -0.4 is 10.6 Å². The fourth-order valence-corrected chi connectivity index (χ4v) is 1.92. The Morgan fingerprint density at radius 2 is 1.90 bits per heavy atom. The van der Waals surface area contributed by atoms with E-state index in [1.807, 2.05) is 13.0 Å². The van der Waals surface area contributed by atoms with Gasteiger partial charge in [-0.05, 0) is 36.1 Å². The van der Waals surface area contributed by atoms with Crippen molar-refractivity contribution in [1.29, 1.82) is 0 Å². The summed E-state index contributed by atoms with van der Waals surface area (Å²) in [6, 6.07) is 3.87. The van der Waals surface area contributed by atoms with Gasteiger partial charge in [0.25, 0.3) is 0 Å². The zero-order valence-corrected chi connectivity index (χ0v) is 13.5. The third-order valence-electron chi connectivity index (χ3n) is 2.80. The fourth-order valence-electron chi connectivity index (χ4n) is 1.67. The maximum atomic E-state index is 11.9. The second-order valence-corrected chi connectivity index (χ2v) is 6.55. The number of hydrogen-bond acceptors (Lipinski definition) is 2. The number of carbonyl (C=O) groups is 2. The summed E-state index contributed by atoms with van der Waals surface area (Å²) >= 11 is 3.37. The Bertz CT molecular complexity index is 524. The van der Waals surface area contributed by atoms with E-state index in [-0.39, 0.29) is 0 Å². The summed E-state index contributed by atoms with van der Waals surface area (Å²) in [4.78, 5) is 23.1. The molecule has 110 valence electrons. The third-order valence-corrected chi connectivity index (χ3v) is 3.69. The van der Waals surface area contributed by atoms with Crippen molar-refractivity contribution in [3.05, 3.63) is 28.2 Å². The lowest BCUT2D eigenvalue weighted by Gasteiger charge is -2.27. The highest BCUT2D eigenvalue weighted by molar-refractivity contribution is 9.10. The van der Waals surface area contributed by atoms with Crippen molar-refractivity contribution in [3.8, 4) is 0 Å². The van der Waals surface area contributed by atoms with E-state index in [9.17, 15) is 9.59 Å². The number of carbonyl (C=O) groups excluding carboxylic acids is 1. The average molecular weight is 343 g/mol. The number of carboxylic acids is 1. The van der Waals surface area contributed by atoms with E-state index in [0.29, 0.717) is 5.69 Å². The lowest BCUT2D eigenvalue weighted by molar-refractivity contribution is -0.141. The van der Waals surface area contributed by atoms with Crippen LogP contribution in [0, 0.1) is 12.3 Å². The number of aryl methyl sites for hydroxylation is 1. The fraction of sp³-hybridized carbons (Fsp3) is 0.429. The molecule has 0 heterocycles. The standard InChI is InChI=1S/C14H19BrN2O3/c1-8-7-9(5-6-10(8)15)16-13(20)17-11(12(18)19)14(2,3)4/h5-7,11H,1-4H3,(H,18,19)(H2,16,17,20). The van der Waals surface area contributed by atoms with Crippen LogP contribution in [0.25, 0.3) is 0 Å². The smallest absolute Gasteiger partial charge is 0.326 e. The first-order valence-electron chi connectivity index (χ1n) is 6.17. The molecule has 1 aromatic rings. The predicted octanol–water partition coefficient (Wildman–Crippen LogP) is 3.38. The summed E-state index contributed by atoms with van der Waals surface area (Å²) in [5, 5.41) is 14.3. The van der Waals surface area contributed by atoms with Gasteiger partial charge in [-0.25, -0.2) is 9.59 Å². The van der Waals surface area contributed by atoms with E-state index >= 15 is 0 Å². The second-order valence-electron chi connectivity index (χ2n) is 5.70. The highest BCUT2D eigenvalue weighted by Gasteiger charge is 2.32. The van der Waals surface area contributed by atoms with Crippen molar-refractivity contribution in [1.82, 2.24) is 5.32 Å². The van der Waals surface area contributed by atoms with E-state index in [0.717, 1.165) is 10.0 Å². The van der Waals surface area contributed by atoms with Crippen molar-refractivity contribution >= 4 is 33.6 Å². The molecule has 0 aliphatic carbocycles. The number of rotatable bonds is 3. The van der Waals surface area contributed by atoms with Crippen LogP contribution in [0.3, 0.4) is 0 Å². The molecule has 0 aliphatic rings. The van der Waals surface area contributed by atoms with Gasteiger partial charge in [0, 0.05) is 10.2 Å². The molecule has 0 aliphatic heterocycles. The van der Waals surface area contributed by atoms with Gasteiger partial charge in [-0.1, -0.05) is 36.7 Å². The lowest BCUT2D eigenvalue weighted by Crippen LogP contribution is -2.50. The molecule has 0 saturated heterocycles. The number of hydrogen-bond donors (Lipinski definition) is 3. The van der Waals surface area contributed by atoms with E-state index in [1.54, 1.807) is 32.9 Å². The number of amides is 2. The summed E-state index contributed by atoms with van der Waals surface area (Å²) in [6.07, 6.45) is 0. The van der Waals surface area contributed by atoms with Gasteiger partial charge in [0.2, 0.25) is 0 Å². The molecule has 6 heteroatoms. The van der Waals surface area contributed by atoms with Crippen LogP contribution in [0.4, 0.5) is 10.5 Å². The molecule has 0 fully saturated rings. The molecule has 3 N–H and O–H groups in total. The molecule has 0 aromatic heterocycles. The molecule has 5 nitrogen and oxygen atoms in total. The zero-order valence-electron chi connectivity index (χ0n) is 12.0. The van der Waals surface area contributed by atoms with Gasteiger partial charge >= 0.3 is 12.0 Å². The molecule has 2 amide bonds. The van der Waals surface area contributed by atoms with Crippen LogP contribution in [-0.2, 0) is 4.79 Å². The number of halogens is 1. The Labute approximate surface area is 126 Å². The largest absolute Gasteiger partial charge is 0.480 e. The Hall–Kier alpha value is -1.56. The number of urea groups is 1. The molecule has 1 rings (SSSR count). The molecule has 1 atom stereocenters. The molecule has 0 bridgehead atoms. The first-order chi connectivity index (χ1) is 9.11. The summed E-state index contributed by atoms with van der Waals surface area (Å²) in [5.74, 6) is -1.06. The molecular weight excluding hydrogens is 324 g/mol. The number of aliphatic carboxylic acids is 1. The molecule has 0 radical (unpaired) electrons. The maximum Gasteiger partial charge on any atom is 0.326 e. The van der Waals surface area contributed by atoms with Crippen molar-refractivity contribution in [3.63, 3.8) is 0 Å². The molecule has 0 saturated carbocycles. The second kappa shape index (κ2) is 6.26. The average Bonchev–Trinajstić information content (AvgIpc) is 2.29. The highest BCUT2D eigenvalue weighted by atomic mass is 79.9. The Morgan fingerprint density at radius 1 is 1.30 bits per heavy atom. The maximum absolute atomic E-state index is 11.9. The van der Waals surface area contributed by atoms with Crippen LogP contribution in [0.2, 0.25) is 0 Å². The van der Waals surface area contributed by atoms with Crippen LogP contribution >= 0.6 is 15.9 Å². The SMILES string of the molecule is Cc1cc(NC(=O)NC(C(=O)O)C(C)(C)C)ccc1Br.